The van der Waals surface area contributed by atoms with Gasteiger partial charge < -0.3 is 11.1 Å². The normalized spacial score (nSPS) is 19.4. The Bertz CT molecular complexity index is 1020. The molecular formula is C23H33F2N7O. The third-order valence-corrected chi connectivity index (χ3v) is 5.93. The van der Waals surface area contributed by atoms with E-state index < -0.39 is 17.8 Å². The van der Waals surface area contributed by atoms with Crippen LogP contribution in [0.3, 0.4) is 0 Å². The summed E-state index contributed by atoms with van der Waals surface area (Å²) in [7, 11) is 3.29. The Morgan fingerprint density at radius 2 is 1.97 bits per heavy atom. The Hall–Kier alpha value is -3.01. The van der Waals surface area contributed by atoms with Crippen LogP contribution >= 0.6 is 0 Å². The second kappa shape index (κ2) is 9.09. The first-order valence-corrected chi connectivity index (χ1v) is 10.9. The number of hydrogen-bond acceptors (Lipinski definition) is 5. The Morgan fingerprint density at radius 3 is 2.45 bits per heavy atom. The highest BCUT2D eigenvalue weighted by molar-refractivity contribution is 5.98. The maximum absolute atomic E-state index is 14.1. The van der Waals surface area contributed by atoms with Crippen molar-refractivity contribution in [1.29, 1.82) is 0 Å². The first-order chi connectivity index (χ1) is 15.3. The predicted molar refractivity (Wildman–Crippen MR) is 125 cm³/mol. The summed E-state index contributed by atoms with van der Waals surface area (Å²) >= 11 is 0. The van der Waals surface area contributed by atoms with E-state index in [-0.39, 0.29) is 36.4 Å². The van der Waals surface area contributed by atoms with Crippen molar-refractivity contribution in [3.63, 3.8) is 0 Å². The highest BCUT2D eigenvalue weighted by atomic mass is 19.3. The zero-order valence-corrected chi connectivity index (χ0v) is 19.8. The quantitative estimate of drug-likeness (QED) is 0.264. The fourth-order valence-electron chi connectivity index (χ4n) is 4.15. The molecule has 0 bridgehead atoms. The summed E-state index contributed by atoms with van der Waals surface area (Å²) in [6.07, 6.45) is -0.276. The van der Waals surface area contributed by atoms with E-state index in [9.17, 15) is 13.6 Å². The van der Waals surface area contributed by atoms with Crippen LogP contribution in [0, 0.1) is 5.92 Å². The lowest BCUT2D eigenvalue weighted by atomic mass is 9.83. The van der Waals surface area contributed by atoms with Crippen molar-refractivity contribution >= 4 is 17.6 Å². The van der Waals surface area contributed by atoms with Crippen LogP contribution in [0.2, 0.25) is 0 Å². The van der Waals surface area contributed by atoms with Crippen molar-refractivity contribution < 1.29 is 13.6 Å². The van der Waals surface area contributed by atoms with Gasteiger partial charge in [0.05, 0.1) is 11.6 Å². The molecule has 5 N–H and O–H groups in total. The standard InChI is InChI=1S/C23H33F2N7O/c1-22(2,3)17-12-18(31(4)29-17)28-21(33)19(16-10-11-23(24,25)13-16)14-6-8-15(9-7-14)20(26)30-32(5)27/h6-9,12,16,19H,10-11,13,27H2,1-5H3,(H2,26,30)(H,28,33). The molecule has 1 amide bonds. The third-order valence-electron chi connectivity index (χ3n) is 5.93. The fraction of sp³-hybridized carbons (Fsp3) is 0.522. The van der Waals surface area contributed by atoms with Crippen molar-refractivity contribution in [2.45, 2.75) is 57.3 Å². The minimum Gasteiger partial charge on any atom is -0.382 e. The summed E-state index contributed by atoms with van der Waals surface area (Å²) in [4.78, 5) is 13.4. The van der Waals surface area contributed by atoms with E-state index >= 15 is 0 Å². The molecule has 0 aliphatic heterocycles. The number of nitrogens with two attached hydrogens (primary N) is 2. The van der Waals surface area contributed by atoms with Gasteiger partial charge >= 0.3 is 0 Å². The molecule has 1 aromatic carbocycles. The second-order valence-electron chi connectivity index (χ2n) is 9.80. The molecule has 33 heavy (non-hydrogen) atoms. The van der Waals surface area contributed by atoms with Crippen LogP contribution in [0.15, 0.2) is 35.4 Å². The number of hydrazine groups is 1. The van der Waals surface area contributed by atoms with E-state index in [0.717, 1.165) is 10.8 Å². The van der Waals surface area contributed by atoms with E-state index in [2.05, 4.69) is 15.5 Å². The van der Waals surface area contributed by atoms with E-state index in [1.807, 2.05) is 26.8 Å². The number of anilines is 1. The minimum absolute atomic E-state index is 0.192. The number of hydrogen-bond donors (Lipinski definition) is 3. The number of amides is 1. The van der Waals surface area contributed by atoms with Crippen molar-refractivity contribution in [2.24, 2.45) is 29.6 Å². The lowest BCUT2D eigenvalue weighted by Crippen LogP contribution is -2.28. The molecule has 2 unspecified atom stereocenters. The summed E-state index contributed by atoms with van der Waals surface area (Å²) in [5.41, 5.74) is 7.83. The largest absolute Gasteiger partial charge is 0.382 e. The molecule has 180 valence electrons. The number of hydrazone groups is 1. The van der Waals surface area contributed by atoms with Gasteiger partial charge in [-0.25, -0.2) is 19.7 Å². The smallest absolute Gasteiger partial charge is 0.248 e. The molecule has 8 nitrogen and oxygen atoms in total. The number of amidine groups is 1. The first-order valence-electron chi connectivity index (χ1n) is 10.9. The van der Waals surface area contributed by atoms with Crippen LogP contribution in [0.4, 0.5) is 14.6 Å². The Kier molecular flexibility index (Phi) is 6.78. The maximum Gasteiger partial charge on any atom is 0.248 e. The zero-order valence-electron chi connectivity index (χ0n) is 19.8. The summed E-state index contributed by atoms with van der Waals surface area (Å²) in [5.74, 6) is 1.92. The van der Waals surface area contributed by atoms with Crippen LogP contribution in [0.5, 0.6) is 0 Å². The number of aromatic nitrogens is 2. The molecule has 1 aromatic heterocycles. The minimum atomic E-state index is -2.77. The highest BCUT2D eigenvalue weighted by Crippen LogP contribution is 2.45. The Morgan fingerprint density at radius 1 is 1.33 bits per heavy atom. The molecule has 0 saturated heterocycles. The Labute approximate surface area is 193 Å². The number of nitrogens with one attached hydrogen (secondary N) is 1. The van der Waals surface area contributed by atoms with E-state index in [4.69, 9.17) is 11.6 Å². The van der Waals surface area contributed by atoms with Crippen LogP contribution in [0.1, 0.15) is 62.8 Å². The molecule has 0 radical (unpaired) electrons. The van der Waals surface area contributed by atoms with Gasteiger partial charge in [-0.15, -0.1) is 5.10 Å². The summed E-state index contributed by atoms with van der Waals surface area (Å²) in [6.45, 7) is 6.09. The molecule has 10 heteroatoms. The average molecular weight is 462 g/mol. The lowest BCUT2D eigenvalue weighted by Gasteiger charge is -2.23. The zero-order chi connectivity index (χ0) is 24.6. The van der Waals surface area contributed by atoms with Gasteiger partial charge in [0.15, 0.2) is 5.84 Å². The van der Waals surface area contributed by atoms with Crippen LogP contribution in [0.25, 0.3) is 0 Å². The molecule has 1 aliphatic rings. The van der Waals surface area contributed by atoms with Crippen LogP contribution in [-0.2, 0) is 17.3 Å². The highest BCUT2D eigenvalue weighted by Gasteiger charge is 2.45. The van der Waals surface area contributed by atoms with Crippen LogP contribution in [-0.4, -0.2) is 39.6 Å². The molecule has 1 aliphatic carbocycles. The monoisotopic (exact) mass is 461 g/mol. The van der Waals surface area contributed by atoms with E-state index in [0.29, 0.717) is 16.9 Å². The van der Waals surface area contributed by atoms with Gasteiger partial charge in [-0.05, 0) is 17.9 Å². The first kappa shape index (κ1) is 24.6. The summed E-state index contributed by atoms with van der Waals surface area (Å²) in [6, 6.07) is 8.72. The average Bonchev–Trinajstić information content (AvgIpc) is 3.24. The van der Waals surface area contributed by atoms with Gasteiger partial charge in [-0.2, -0.15) is 5.10 Å². The topological polar surface area (TPSA) is 115 Å². The second-order valence-corrected chi connectivity index (χ2v) is 9.80. The maximum atomic E-state index is 14.1. The number of halogens is 2. The number of carbonyl (C=O) groups excluding carboxylic acids is 1. The fourth-order valence-corrected chi connectivity index (χ4v) is 4.15. The number of aryl methyl sites for hydroxylation is 1. The lowest BCUT2D eigenvalue weighted by molar-refractivity contribution is -0.119. The van der Waals surface area contributed by atoms with Gasteiger partial charge in [0, 0.05) is 44.0 Å². The van der Waals surface area contributed by atoms with E-state index in [1.54, 1.807) is 43.0 Å². The van der Waals surface area contributed by atoms with Gasteiger partial charge in [-0.3, -0.25) is 9.48 Å². The van der Waals surface area contributed by atoms with Crippen molar-refractivity contribution in [3.8, 4) is 0 Å². The number of alkyl halides is 2. The number of rotatable bonds is 6. The predicted octanol–water partition coefficient (Wildman–Crippen LogP) is 3.30. The molecule has 2 aromatic rings. The number of benzene rings is 1. The molecule has 1 fully saturated rings. The summed E-state index contributed by atoms with van der Waals surface area (Å²) < 4.78 is 29.7. The van der Waals surface area contributed by atoms with Gasteiger partial charge in [-0.1, -0.05) is 45.0 Å². The van der Waals surface area contributed by atoms with Gasteiger partial charge in [0.25, 0.3) is 0 Å². The molecule has 3 rings (SSSR count). The van der Waals surface area contributed by atoms with Crippen LogP contribution < -0.4 is 16.9 Å². The third kappa shape index (κ3) is 5.87. The van der Waals surface area contributed by atoms with Crippen molar-refractivity contribution in [2.75, 3.05) is 12.4 Å². The molecule has 1 saturated carbocycles. The number of carbonyl (C=O) groups is 1. The van der Waals surface area contributed by atoms with Crippen molar-refractivity contribution in [1.82, 2.24) is 14.9 Å². The van der Waals surface area contributed by atoms with Crippen molar-refractivity contribution in [3.05, 3.63) is 47.2 Å². The van der Waals surface area contributed by atoms with Gasteiger partial charge in [0.2, 0.25) is 11.8 Å². The molecule has 2 atom stereocenters. The molecular weight excluding hydrogens is 428 g/mol. The van der Waals surface area contributed by atoms with E-state index in [1.165, 1.54) is 0 Å². The SMILES string of the molecule is CN(N)/N=C(\N)c1ccc(C(C(=O)Nc2cc(C(C)(C)C)nn2C)C2CCC(F)(F)C2)cc1. The number of nitrogens with zero attached hydrogens (tertiary/aromatic N) is 4. The Balaban J connectivity index is 1.91. The summed E-state index contributed by atoms with van der Waals surface area (Å²) in [5, 5.41) is 12.5. The molecule has 1 heterocycles. The van der Waals surface area contributed by atoms with Gasteiger partial charge in [0.1, 0.15) is 5.82 Å². The molecule has 0 spiro atoms.